The number of nitrogens with zero attached hydrogens (tertiary/aromatic N) is 1. The number of ether oxygens (including phenoxy) is 1. The molecule has 0 spiro atoms. The van der Waals surface area contributed by atoms with Gasteiger partial charge < -0.3 is 13.6 Å². The topological polar surface area (TPSA) is 72.9 Å². The van der Waals surface area contributed by atoms with E-state index in [1.807, 2.05) is 0 Å². The third-order valence-electron chi connectivity index (χ3n) is 1.69. The maximum absolute atomic E-state index is 10.9. The van der Waals surface area contributed by atoms with Crippen molar-refractivity contribution in [1.29, 1.82) is 0 Å². The van der Waals surface area contributed by atoms with E-state index in [2.05, 4.69) is 13.6 Å². The summed E-state index contributed by atoms with van der Waals surface area (Å²) in [4.78, 5) is 22.8. The van der Waals surface area contributed by atoms with Crippen LogP contribution in [0.15, 0.2) is 19.9 Å². The Bertz CT molecular complexity index is 365. The van der Waals surface area contributed by atoms with E-state index in [0.717, 1.165) is 0 Å². The molecule has 1 aromatic heterocycles. The van der Waals surface area contributed by atoms with Gasteiger partial charge >= 0.3 is 11.9 Å². The molecule has 0 saturated carbocycles. The van der Waals surface area contributed by atoms with Crippen molar-refractivity contribution in [1.82, 2.24) is 4.90 Å². The maximum atomic E-state index is 10.9. The quantitative estimate of drug-likeness (QED) is 0.657. The first-order chi connectivity index (χ1) is 6.25. The highest BCUT2D eigenvalue weighted by Crippen LogP contribution is 2.08. The summed E-state index contributed by atoms with van der Waals surface area (Å²) >= 11 is 0. The van der Waals surface area contributed by atoms with Gasteiger partial charge in [0, 0.05) is 0 Å². The summed E-state index contributed by atoms with van der Waals surface area (Å²) in [5.41, 5.74) is 0. The summed E-state index contributed by atoms with van der Waals surface area (Å²) in [6.45, 7) is 1.10. The van der Waals surface area contributed by atoms with Crippen LogP contribution >= 0.6 is 0 Å². The van der Waals surface area contributed by atoms with E-state index in [1.54, 1.807) is 0 Å². The fraction of sp³-hybridized carbons (Fsp3) is 0.429. The van der Waals surface area contributed by atoms with E-state index in [4.69, 9.17) is 0 Å². The standard InChI is InChI=1S/C7H7NO5/c9-6-8(1-2-11-6)3-5-4-12-7(10)13-5/h4H,1-3H2. The van der Waals surface area contributed by atoms with E-state index < -0.39 is 11.9 Å². The summed E-state index contributed by atoms with van der Waals surface area (Å²) in [6.07, 6.45) is 0.789. The molecular formula is C7H7NO5. The van der Waals surface area contributed by atoms with E-state index in [-0.39, 0.29) is 6.54 Å². The van der Waals surface area contributed by atoms with Crippen LogP contribution in [0.2, 0.25) is 0 Å². The predicted molar refractivity (Wildman–Crippen MR) is 39.0 cm³/mol. The molecule has 0 bridgehead atoms. The molecule has 6 nitrogen and oxygen atoms in total. The van der Waals surface area contributed by atoms with Gasteiger partial charge in [0.2, 0.25) is 0 Å². The molecule has 1 aliphatic rings. The molecule has 0 N–H and O–H groups in total. The van der Waals surface area contributed by atoms with E-state index in [1.165, 1.54) is 11.2 Å². The van der Waals surface area contributed by atoms with Crippen LogP contribution < -0.4 is 5.82 Å². The molecular weight excluding hydrogens is 178 g/mol. The molecule has 0 atom stereocenters. The van der Waals surface area contributed by atoms with Gasteiger partial charge in [0.15, 0.2) is 5.76 Å². The molecule has 1 amide bonds. The van der Waals surface area contributed by atoms with Crippen LogP contribution in [0, 0.1) is 0 Å². The van der Waals surface area contributed by atoms with E-state index in [0.29, 0.717) is 18.9 Å². The monoisotopic (exact) mass is 185 g/mol. The first kappa shape index (κ1) is 7.90. The molecule has 2 rings (SSSR count). The zero-order valence-corrected chi connectivity index (χ0v) is 6.69. The SMILES string of the molecule is O=C1OCCN1Cc1coc(=O)o1. The maximum Gasteiger partial charge on any atom is 0.518 e. The number of cyclic esters (lactones) is 1. The number of rotatable bonds is 2. The second kappa shape index (κ2) is 2.96. The second-order valence-corrected chi connectivity index (χ2v) is 2.59. The van der Waals surface area contributed by atoms with Gasteiger partial charge in [-0.05, 0) is 0 Å². The average Bonchev–Trinajstić information content (AvgIpc) is 2.64. The van der Waals surface area contributed by atoms with Crippen molar-refractivity contribution >= 4 is 6.09 Å². The Morgan fingerprint density at radius 3 is 2.85 bits per heavy atom. The summed E-state index contributed by atoms with van der Waals surface area (Å²) in [5.74, 6) is -0.439. The van der Waals surface area contributed by atoms with Crippen LogP contribution in [0.5, 0.6) is 0 Å². The smallest absolute Gasteiger partial charge is 0.448 e. The molecule has 1 saturated heterocycles. The van der Waals surface area contributed by atoms with Crippen molar-refractivity contribution in [2.24, 2.45) is 0 Å². The first-order valence-corrected chi connectivity index (χ1v) is 3.75. The molecule has 1 aromatic rings. The lowest BCUT2D eigenvalue weighted by Gasteiger charge is -2.08. The van der Waals surface area contributed by atoms with E-state index in [9.17, 15) is 9.59 Å². The van der Waals surface area contributed by atoms with Gasteiger partial charge in [-0.15, -0.1) is 0 Å². The Labute approximate surface area is 72.7 Å². The molecule has 13 heavy (non-hydrogen) atoms. The molecule has 0 unspecified atom stereocenters. The predicted octanol–water partition coefficient (Wildman–Crippen LogP) is 0.185. The molecule has 0 radical (unpaired) electrons. The Morgan fingerprint density at radius 1 is 1.46 bits per heavy atom. The fourth-order valence-electron chi connectivity index (χ4n) is 1.10. The third kappa shape index (κ3) is 1.56. The normalized spacial score (nSPS) is 16.3. The number of carbonyl (C=O) groups excluding carboxylic acids is 1. The summed E-state index contributed by atoms with van der Waals surface area (Å²) in [6, 6.07) is 0. The van der Waals surface area contributed by atoms with Crippen molar-refractivity contribution in [3.63, 3.8) is 0 Å². The highest BCUT2D eigenvalue weighted by atomic mass is 16.6. The van der Waals surface area contributed by atoms with Crippen molar-refractivity contribution < 1.29 is 18.4 Å². The van der Waals surface area contributed by atoms with Gasteiger partial charge in [0.1, 0.15) is 12.9 Å². The zero-order chi connectivity index (χ0) is 9.26. The molecule has 1 fully saturated rings. The molecule has 0 aromatic carbocycles. The Morgan fingerprint density at radius 2 is 2.31 bits per heavy atom. The summed E-state index contributed by atoms with van der Waals surface area (Å²) in [7, 11) is 0. The van der Waals surface area contributed by atoms with Gasteiger partial charge in [-0.3, -0.25) is 4.90 Å². The number of hydrogen-bond acceptors (Lipinski definition) is 5. The Kier molecular flexibility index (Phi) is 1.80. The minimum Gasteiger partial charge on any atom is -0.448 e. The van der Waals surface area contributed by atoms with Gasteiger partial charge in [-0.2, -0.15) is 0 Å². The molecule has 70 valence electrons. The van der Waals surface area contributed by atoms with Gasteiger partial charge in [-0.1, -0.05) is 0 Å². The Hall–Kier alpha value is -1.72. The number of carbonyl (C=O) groups is 1. The van der Waals surface area contributed by atoms with Gasteiger partial charge in [-0.25, -0.2) is 9.59 Å². The highest BCUT2D eigenvalue weighted by Gasteiger charge is 2.23. The van der Waals surface area contributed by atoms with Crippen LogP contribution in [0.4, 0.5) is 4.79 Å². The average molecular weight is 185 g/mol. The van der Waals surface area contributed by atoms with Crippen molar-refractivity contribution in [2.75, 3.05) is 13.2 Å². The lowest BCUT2D eigenvalue weighted by Crippen LogP contribution is -2.23. The van der Waals surface area contributed by atoms with Crippen LogP contribution in [-0.2, 0) is 11.3 Å². The van der Waals surface area contributed by atoms with Crippen molar-refractivity contribution in [2.45, 2.75) is 6.54 Å². The molecule has 0 aliphatic carbocycles. The zero-order valence-electron chi connectivity index (χ0n) is 6.69. The minimum atomic E-state index is -0.762. The highest BCUT2D eigenvalue weighted by molar-refractivity contribution is 5.69. The van der Waals surface area contributed by atoms with Crippen LogP contribution in [-0.4, -0.2) is 24.1 Å². The van der Waals surface area contributed by atoms with Crippen LogP contribution in [0.1, 0.15) is 5.76 Å². The molecule has 1 aliphatic heterocycles. The molecule has 2 heterocycles. The molecule has 6 heteroatoms. The number of amides is 1. The summed E-state index contributed by atoms with van der Waals surface area (Å²) < 4.78 is 13.7. The van der Waals surface area contributed by atoms with Gasteiger partial charge in [0.05, 0.1) is 13.1 Å². The van der Waals surface area contributed by atoms with Crippen molar-refractivity contribution in [3.05, 3.63) is 22.6 Å². The van der Waals surface area contributed by atoms with Crippen LogP contribution in [0.3, 0.4) is 0 Å². The van der Waals surface area contributed by atoms with E-state index >= 15 is 0 Å². The number of hydrogen-bond donors (Lipinski definition) is 0. The second-order valence-electron chi connectivity index (χ2n) is 2.59. The summed E-state index contributed by atoms with van der Waals surface area (Å²) in [5, 5.41) is 0. The largest absolute Gasteiger partial charge is 0.518 e. The fourth-order valence-corrected chi connectivity index (χ4v) is 1.10. The first-order valence-electron chi connectivity index (χ1n) is 3.75. The third-order valence-corrected chi connectivity index (χ3v) is 1.69. The lowest BCUT2D eigenvalue weighted by atomic mass is 10.4. The van der Waals surface area contributed by atoms with Crippen LogP contribution in [0.25, 0.3) is 0 Å². The van der Waals surface area contributed by atoms with Crippen molar-refractivity contribution in [3.8, 4) is 0 Å². The van der Waals surface area contributed by atoms with Gasteiger partial charge in [0.25, 0.3) is 0 Å². The lowest BCUT2D eigenvalue weighted by molar-refractivity contribution is 0.155. The Balaban J connectivity index is 2.05. The minimum absolute atomic E-state index is 0.213.